The molecule has 4 heteroatoms. The maximum absolute atomic E-state index is 11.0. The van der Waals surface area contributed by atoms with Crippen LogP contribution >= 0.6 is 0 Å². The molecule has 1 heterocycles. The van der Waals surface area contributed by atoms with Crippen molar-refractivity contribution in [2.24, 2.45) is 0 Å². The van der Waals surface area contributed by atoms with E-state index in [9.17, 15) is 4.79 Å². The van der Waals surface area contributed by atoms with Crippen LogP contribution in [0.25, 0.3) is 17.5 Å². The summed E-state index contributed by atoms with van der Waals surface area (Å²) in [5.41, 5.74) is 4.30. The van der Waals surface area contributed by atoms with Gasteiger partial charge in [0.2, 0.25) is 0 Å². The molecule has 0 amide bonds. The van der Waals surface area contributed by atoms with E-state index in [1.165, 1.54) is 63.0 Å². The second kappa shape index (κ2) is 13.7. The van der Waals surface area contributed by atoms with E-state index in [0.717, 1.165) is 41.8 Å². The standard InChI is InChI=1S/C26H36N2O2/c1-3-5-7-8-9-11-13-23-18-24(15-14-22(23)16-17-25(29)30)26-27-19-21(20-28-26)12-10-6-4-2/h14-20H,3-13H2,1-2H3,(H,29,30)/b17-16+. The van der Waals surface area contributed by atoms with Crippen molar-refractivity contribution < 1.29 is 9.90 Å². The van der Waals surface area contributed by atoms with Crippen LogP contribution in [0.5, 0.6) is 0 Å². The first-order valence-electron chi connectivity index (χ1n) is 11.5. The Morgan fingerprint density at radius 1 is 0.900 bits per heavy atom. The van der Waals surface area contributed by atoms with Gasteiger partial charge in [-0.2, -0.15) is 0 Å². The summed E-state index contributed by atoms with van der Waals surface area (Å²) in [4.78, 5) is 20.1. The number of hydrogen-bond donors (Lipinski definition) is 1. The summed E-state index contributed by atoms with van der Waals surface area (Å²) in [7, 11) is 0. The van der Waals surface area contributed by atoms with Crippen molar-refractivity contribution in [3.63, 3.8) is 0 Å². The van der Waals surface area contributed by atoms with Crippen LogP contribution < -0.4 is 0 Å². The van der Waals surface area contributed by atoms with Crippen molar-refractivity contribution in [3.05, 3.63) is 53.4 Å². The third kappa shape index (κ3) is 8.48. The molecule has 4 nitrogen and oxygen atoms in total. The number of hydrogen-bond acceptors (Lipinski definition) is 3. The molecule has 1 aromatic carbocycles. The predicted octanol–water partition coefficient (Wildman–Crippen LogP) is 6.88. The largest absolute Gasteiger partial charge is 0.478 e. The minimum Gasteiger partial charge on any atom is -0.478 e. The van der Waals surface area contributed by atoms with Crippen LogP contribution in [-0.2, 0) is 17.6 Å². The second-order valence-corrected chi connectivity index (χ2v) is 7.97. The summed E-state index contributed by atoms with van der Waals surface area (Å²) >= 11 is 0. The Balaban J connectivity index is 2.11. The van der Waals surface area contributed by atoms with Crippen molar-refractivity contribution in [3.8, 4) is 11.4 Å². The Morgan fingerprint density at radius 3 is 2.23 bits per heavy atom. The van der Waals surface area contributed by atoms with E-state index in [1.54, 1.807) is 6.08 Å². The highest BCUT2D eigenvalue weighted by molar-refractivity contribution is 5.85. The highest BCUT2D eigenvalue weighted by Gasteiger charge is 2.07. The van der Waals surface area contributed by atoms with E-state index in [-0.39, 0.29) is 0 Å². The number of unbranched alkanes of at least 4 members (excludes halogenated alkanes) is 7. The average molecular weight is 409 g/mol. The molecule has 0 saturated heterocycles. The minimum atomic E-state index is -0.924. The Hall–Kier alpha value is -2.49. The van der Waals surface area contributed by atoms with Crippen LogP contribution in [-0.4, -0.2) is 21.0 Å². The first-order valence-corrected chi connectivity index (χ1v) is 11.5. The molecular weight excluding hydrogens is 372 g/mol. The number of carboxylic acids is 1. The fraction of sp³-hybridized carbons (Fsp3) is 0.500. The molecule has 2 aromatic rings. The maximum Gasteiger partial charge on any atom is 0.328 e. The lowest BCUT2D eigenvalue weighted by Crippen LogP contribution is -1.96. The Morgan fingerprint density at radius 2 is 1.53 bits per heavy atom. The Bertz CT molecular complexity index is 797. The molecule has 30 heavy (non-hydrogen) atoms. The molecule has 0 fully saturated rings. The smallest absolute Gasteiger partial charge is 0.328 e. The van der Waals surface area contributed by atoms with Gasteiger partial charge < -0.3 is 5.11 Å². The first-order chi connectivity index (χ1) is 14.6. The van der Waals surface area contributed by atoms with Crippen molar-refractivity contribution in [2.75, 3.05) is 0 Å². The van der Waals surface area contributed by atoms with Crippen LogP contribution in [0.1, 0.15) is 88.3 Å². The Kier molecular flexibility index (Phi) is 10.8. The van der Waals surface area contributed by atoms with Gasteiger partial charge in [0.25, 0.3) is 0 Å². The van der Waals surface area contributed by atoms with Crippen LogP contribution in [0.2, 0.25) is 0 Å². The number of benzene rings is 1. The summed E-state index contributed by atoms with van der Waals surface area (Å²) in [5, 5.41) is 8.99. The predicted molar refractivity (Wildman–Crippen MR) is 124 cm³/mol. The van der Waals surface area contributed by atoms with Gasteiger partial charge in [-0.3, -0.25) is 0 Å². The van der Waals surface area contributed by atoms with Crippen molar-refractivity contribution >= 4 is 12.0 Å². The Labute approximate surface area is 181 Å². The first kappa shape index (κ1) is 23.8. The SMILES string of the molecule is CCCCCCCCc1cc(-c2ncc(CCCCC)cn2)ccc1/C=C/C(=O)O. The summed E-state index contributed by atoms with van der Waals surface area (Å²) in [6, 6.07) is 6.09. The van der Waals surface area contributed by atoms with E-state index in [2.05, 4.69) is 29.9 Å². The molecule has 1 N–H and O–H groups in total. The topological polar surface area (TPSA) is 63.1 Å². The quantitative estimate of drug-likeness (QED) is 0.273. The molecule has 2 rings (SSSR count). The number of aryl methyl sites for hydroxylation is 2. The zero-order valence-corrected chi connectivity index (χ0v) is 18.6. The van der Waals surface area contributed by atoms with Gasteiger partial charge in [0.15, 0.2) is 5.82 Å². The van der Waals surface area contributed by atoms with E-state index in [1.807, 2.05) is 24.5 Å². The summed E-state index contributed by atoms with van der Waals surface area (Å²) in [5.74, 6) is -0.196. The lowest BCUT2D eigenvalue weighted by Gasteiger charge is -2.10. The van der Waals surface area contributed by atoms with Crippen LogP contribution in [0.15, 0.2) is 36.7 Å². The highest BCUT2D eigenvalue weighted by Crippen LogP contribution is 2.23. The second-order valence-electron chi connectivity index (χ2n) is 7.97. The van der Waals surface area contributed by atoms with E-state index in [4.69, 9.17) is 5.11 Å². The average Bonchev–Trinajstić information content (AvgIpc) is 2.75. The highest BCUT2D eigenvalue weighted by atomic mass is 16.4. The fourth-order valence-corrected chi connectivity index (χ4v) is 3.59. The van der Waals surface area contributed by atoms with Gasteiger partial charge in [-0.25, -0.2) is 14.8 Å². The molecule has 0 saturated carbocycles. The third-order valence-corrected chi connectivity index (χ3v) is 5.38. The molecular formula is C26H36N2O2. The van der Waals surface area contributed by atoms with Gasteiger partial charge >= 0.3 is 5.97 Å². The molecule has 0 aliphatic heterocycles. The van der Waals surface area contributed by atoms with Crippen LogP contribution in [0.4, 0.5) is 0 Å². The molecule has 0 spiro atoms. The molecule has 0 bridgehead atoms. The lowest BCUT2D eigenvalue weighted by atomic mass is 9.97. The van der Waals surface area contributed by atoms with Gasteiger partial charge in [-0.1, -0.05) is 70.9 Å². The lowest BCUT2D eigenvalue weighted by molar-refractivity contribution is -0.131. The van der Waals surface area contributed by atoms with E-state index < -0.39 is 5.97 Å². The number of carbonyl (C=O) groups is 1. The molecule has 1 aromatic heterocycles. The van der Waals surface area contributed by atoms with Crippen LogP contribution in [0, 0.1) is 0 Å². The normalized spacial score (nSPS) is 11.3. The molecule has 0 aliphatic rings. The van der Waals surface area contributed by atoms with Gasteiger partial charge in [-0.05, 0) is 54.5 Å². The van der Waals surface area contributed by atoms with Gasteiger partial charge in [0.05, 0.1) is 0 Å². The minimum absolute atomic E-state index is 0.729. The van der Waals surface area contributed by atoms with Gasteiger partial charge in [0.1, 0.15) is 0 Å². The van der Waals surface area contributed by atoms with Crippen molar-refractivity contribution in [2.45, 2.75) is 84.5 Å². The number of rotatable bonds is 14. The van der Waals surface area contributed by atoms with Gasteiger partial charge in [-0.15, -0.1) is 0 Å². The summed E-state index contributed by atoms with van der Waals surface area (Å²) in [6.07, 6.45) is 19.8. The molecule has 0 unspecified atom stereocenters. The maximum atomic E-state index is 11.0. The van der Waals surface area contributed by atoms with Crippen molar-refractivity contribution in [1.29, 1.82) is 0 Å². The molecule has 0 aliphatic carbocycles. The van der Waals surface area contributed by atoms with Crippen molar-refractivity contribution in [1.82, 2.24) is 9.97 Å². The fourth-order valence-electron chi connectivity index (χ4n) is 3.59. The molecule has 0 radical (unpaired) electrons. The summed E-state index contributed by atoms with van der Waals surface area (Å²) in [6.45, 7) is 4.43. The summed E-state index contributed by atoms with van der Waals surface area (Å²) < 4.78 is 0. The van der Waals surface area contributed by atoms with E-state index in [0.29, 0.717) is 0 Å². The number of carboxylic acid groups (broad SMARTS) is 1. The zero-order chi connectivity index (χ0) is 21.6. The van der Waals surface area contributed by atoms with Gasteiger partial charge in [0, 0.05) is 24.0 Å². The van der Waals surface area contributed by atoms with E-state index >= 15 is 0 Å². The van der Waals surface area contributed by atoms with Crippen LogP contribution in [0.3, 0.4) is 0 Å². The number of nitrogens with zero attached hydrogens (tertiary/aromatic N) is 2. The zero-order valence-electron chi connectivity index (χ0n) is 18.6. The molecule has 162 valence electrons. The monoisotopic (exact) mass is 408 g/mol. The molecule has 0 atom stereocenters. The number of aromatic nitrogens is 2. The number of aliphatic carboxylic acids is 1. The third-order valence-electron chi connectivity index (χ3n) is 5.38.